The van der Waals surface area contributed by atoms with E-state index in [4.69, 9.17) is 14.5 Å². The van der Waals surface area contributed by atoms with Gasteiger partial charge in [-0.2, -0.15) is 0 Å². The molecule has 0 spiro atoms. The van der Waals surface area contributed by atoms with Gasteiger partial charge in [0.25, 0.3) is 5.91 Å². The number of benzene rings is 2. The number of rotatable bonds is 10. The Kier molecular flexibility index (Phi) is 8.85. The van der Waals surface area contributed by atoms with Crippen LogP contribution in [0.1, 0.15) is 72.2 Å². The average molecular weight is 549 g/mol. The van der Waals surface area contributed by atoms with E-state index in [0.29, 0.717) is 18.8 Å². The lowest BCUT2D eigenvalue weighted by Gasteiger charge is -2.26. The van der Waals surface area contributed by atoms with Crippen molar-refractivity contribution in [2.45, 2.75) is 65.1 Å². The van der Waals surface area contributed by atoms with Gasteiger partial charge in [0.2, 0.25) is 6.79 Å². The zero-order valence-corrected chi connectivity index (χ0v) is 24.2. The summed E-state index contributed by atoms with van der Waals surface area (Å²) in [5.41, 5.74) is 4.35. The molecule has 1 saturated heterocycles. The van der Waals surface area contributed by atoms with Crippen LogP contribution in [-0.2, 0) is 25.0 Å². The molecular weight excluding hydrogens is 508 g/mol. The second kappa shape index (κ2) is 12.5. The van der Waals surface area contributed by atoms with Crippen LogP contribution < -0.4 is 14.8 Å². The Morgan fingerprint density at radius 2 is 1.69 bits per heavy atom. The third-order valence-corrected chi connectivity index (χ3v) is 8.21. The van der Waals surface area contributed by atoms with Crippen molar-refractivity contribution in [3.8, 4) is 11.5 Å². The Morgan fingerprint density at radius 1 is 0.974 bits per heavy atom. The molecule has 3 heterocycles. The van der Waals surface area contributed by atoms with E-state index in [-0.39, 0.29) is 18.1 Å². The minimum Gasteiger partial charge on any atom is -0.454 e. The zero-order chi connectivity index (χ0) is 27.2. The number of hydrogen-bond acceptors (Lipinski definition) is 7. The molecule has 208 valence electrons. The van der Waals surface area contributed by atoms with Crippen LogP contribution in [0, 0.1) is 0 Å². The SMILES string of the molecule is CC(C)(C)c1ccc(CN(Cc2ccc3c(c2)OCO3)Cc2nc(C(=O)NCCN3CCCCC3)cs2)cc1. The van der Waals surface area contributed by atoms with Crippen LogP contribution in [0.2, 0.25) is 0 Å². The molecule has 0 unspecified atom stereocenters. The summed E-state index contributed by atoms with van der Waals surface area (Å²) in [5, 5.41) is 5.87. The van der Waals surface area contributed by atoms with Gasteiger partial charge < -0.3 is 19.7 Å². The van der Waals surface area contributed by atoms with Gasteiger partial charge in [-0.25, -0.2) is 4.98 Å². The molecule has 1 fully saturated rings. The van der Waals surface area contributed by atoms with Gasteiger partial charge in [0, 0.05) is 31.6 Å². The van der Waals surface area contributed by atoms with Crippen molar-refractivity contribution in [1.29, 1.82) is 0 Å². The molecule has 1 N–H and O–H groups in total. The highest BCUT2D eigenvalue weighted by Crippen LogP contribution is 2.33. The summed E-state index contributed by atoms with van der Waals surface area (Å²) in [7, 11) is 0. The highest BCUT2D eigenvalue weighted by molar-refractivity contribution is 7.09. The van der Waals surface area contributed by atoms with Gasteiger partial charge in [0.1, 0.15) is 10.7 Å². The van der Waals surface area contributed by atoms with Crippen LogP contribution in [0.5, 0.6) is 11.5 Å². The number of aromatic nitrogens is 1. The van der Waals surface area contributed by atoms with Crippen molar-refractivity contribution in [3.63, 3.8) is 0 Å². The van der Waals surface area contributed by atoms with Gasteiger partial charge in [0.15, 0.2) is 11.5 Å². The molecule has 3 aromatic rings. The van der Waals surface area contributed by atoms with Gasteiger partial charge in [-0.15, -0.1) is 11.3 Å². The van der Waals surface area contributed by atoms with E-state index >= 15 is 0 Å². The fourth-order valence-electron chi connectivity index (χ4n) is 5.11. The monoisotopic (exact) mass is 548 g/mol. The smallest absolute Gasteiger partial charge is 0.270 e. The number of fused-ring (bicyclic) bond motifs is 1. The number of nitrogens with zero attached hydrogens (tertiary/aromatic N) is 3. The normalized spacial score (nSPS) is 15.6. The lowest BCUT2D eigenvalue weighted by atomic mass is 9.87. The summed E-state index contributed by atoms with van der Waals surface area (Å²) in [5.74, 6) is 1.49. The first-order valence-corrected chi connectivity index (χ1v) is 14.9. The second-order valence-corrected chi connectivity index (χ2v) is 12.5. The second-order valence-electron chi connectivity index (χ2n) is 11.6. The molecule has 39 heavy (non-hydrogen) atoms. The van der Waals surface area contributed by atoms with Crippen molar-refractivity contribution >= 4 is 17.2 Å². The number of carbonyl (C=O) groups is 1. The van der Waals surface area contributed by atoms with E-state index in [1.807, 2.05) is 11.4 Å². The fourth-order valence-corrected chi connectivity index (χ4v) is 5.93. The van der Waals surface area contributed by atoms with E-state index in [0.717, 1.165) is 54.8 Å². The maximum Gasteiger partial charge on any atom is 0.270 e. The van der Waals surface area contributed by atoms with E-state index < -0.39 is 0 Å². The van der Waals surface area contributed by atoms with Crippen molar-refractivity contribution in [1.82, 2.24) is 20.1 Å². The molecule has 1 amide bonds. The predicted molar refractivity (Wildman–Crippen MR) is 155 cm³/mol. The number of piperidine rings is 1. The highest BCUT2D eigenvalue weighted by atomic mass is 32.1. The molecule has 1 aromatic heterocycles. The molecular formula is C31H40N4O3S. The lowest BCUT2D eigenvalue weighted by Crippen LogP contribution is -2.37. The Morgan fingerprint density at radius 3 is 2.46 bits per heavy atom. The van der Waals surface area contributed by atoms with E-state index in [1.165, 1.54) is 30.4 Å². The Bertz CT molecular complexity index is 1250. The quantitative estimate of drug-likeness (QED) is 0.356. The number of thiazole rings is 1. The summed E-state index contributed by atoms with van der Waals surface area (Å²) in [4.78, 5) is 22.3. The summed E-state index contributed by atoms with van der Waals surface area (Å²) >= 11 is 1.55. The van der Waals surface area contributed by atoms with Crippen LogP contribution in [-0.4, -0.2) is 53.7 Å². The zero-order valence-electron chi connectivity index (χ0n) is 23.4. The fraction of sp³-hybridized carbons (Fsp3) is 0.484. The minimum atomic E-state index is -0.0883. The third kappa shape index (κ3) is 7.59. The third-order valence-electron chi connectivity index (χ3n) is 7.37. The number of hydrogen-bond donors (Lipinski definition) is 1. The van der Waals surface area contributed by atoms with E-state index in [1.54, 1.807) is 11.3 Å². The first kappa shape index (κ1) is 27.6. The summed E-state index contributed by atoms with van der Waals surface area (Å²) in [6.45, 7) is 13.0. The van der Waals surface area contributed by atoms with E-state index in [9.17, 15) is 4.79 Å². The maximum atomic E-state index is 12.8. The summed E-state index contributed by atoms with van der Waals surface area (Å²) in [6, 6.07) is 15.0. The molecule has 0 atom stereocenters. The van der Waals surface area contributed by atoms with Crippen LogP contribution >= 0.6 is 11.3 Å². The van der Waals surface area contributed by atoms with Gasteiger partial charge >= 0.3 is 0 Å². The number of ether oxygens (including phenoxy) is 2. The number of nitrogens with one attached hydrogen (secondary N) is 1. The van der Waals surface area contributed by atoms with Gasteiger partial charge in [-0.3, -0.25) is 9.69 Å². The summed E-state index contributed by atoms with van der Waals surface area (Å²) in [6.07, 6.45) is 3.83. The lowest BCUT2D eigenvalue weighted by molar-refractivity contribution is 0.0942. The van der Waals surface area contributed by atoms with Gasteiger partial charge in [-0.1, -0.05) is 57.5 Å². The van der Waals surface area contributed by atoms with Gasteiger partial charge in [-0.05, 0) is 60.2 Å². The predicted octanol–water partition coefficient (Wildman–Crippen LogP) is 5.59. The Balaban J connectivity index is 1.24. The standard InChI is InChI=1S/C31H40N4O3S/c1-31(2,3)25-10-7-23(8-11-25)18-35(19-24-9-12-27-28(17-24)38-22-37-27)20-29-33-26(21-39-29)30(36)32-13-16-34-14-5-4-6-15-34/h7-12,17,21H,4-6,13-16,18-20,22H2,1-3H3,(H,32,36). The Labute approximate surface area is 236 Å². The number of amides is 1. The molecule has 8 heteroatoms. The highest BCUT2D eigenvalue weighted by Gasteiger charge is 2.19. The molecule has 0 saturated carbocycles. The largest absolute Gasteiger partial charge is 0.454 e. The topological polar surface area (TPSA) is 66.9 Å². The van der Waals surface area contributed by atoms with Crippen molar-refractivity contribution in [2.75, 3.05) is 33.0 Å². The molecule has 7 nitrogen and oxygen atoms in total. The van der Waals surface area contributed by atoms with Crippen LogP contribution in [0.15, 0.2) is 47.8 Å². The molecule has 0 bridgehead atoms. The molecule has 2 aliphatic rings. The van der Waals surface area contributed by atoms with Crippen molar-refractivity contribution < 1.29 is 14.3 Å². The molecule has 2 aliphatic heterocycles. The molecule has 0 aliphatic carbocycles. The molecule has 2 aromatic carbocycles. The Hall–Kier alpha value is -2.94. The number of likely N-dealkylation sites (tertiary alicyclic amines) is 1. The van der Waals surface area contributed by atoms with Crippen molar-refractivity contribution in [2.24, 2.45) is 0 Å². The molecule has 0 radical (unpaired) electrons. The minimum absolute atomic E-state index is 0.0883. The van der Waals surface area contributed by atoms with Crippen molar-refractivity contribution in [3.05, 3.63) is 75.2 Å². The maximum absolute atomic E-state index is 12.8. The van der Waals surface area contributed by atoms with Crippen LogP contribution in [0.4, 0.5) is 0 Å². The number of carbonyl (C=O) groups excluding carboxylic acids is 1. The average Bonchev–Trinajstić information content (AvgIpc) is 3.58. The summed E-state index contributed by atoms with van der Waals surface area (Å²) < 4.78 is 11.1. The van der Waals surface area contributed by atoms with E-state index in [2.05, 4.69) is 72.3 Å². The first-order valence-electron chi connectivity index (χ1n) is 14.0. The van der Waals surface area contributed by atoms with Gasteiger partial charge in [0.05, 0.1) is 6.54 Å². The van der Waals surface area contributed by atoms with Crippen LogP contribution in [0.25, 0.3) is 0 Å². The molecule has 5 rings (SSSR count). The first-order chi connectivity index (χ1) is 18.8. The van der Waals surface area contributed by atoms with Crippen LogP contribution in [0.3, 0.4) is 0 Å².